The molecule has 0 radical (unpaired) electrons. The molecule has 2 N–H and O–H groups in total. The molecule has 36 heavy (non-hydrogen) atoms. The van der Waals surface area contributed by atoms with Gasteiger partial charge < -0.3 is 25.2 Å². The third kappa shape index (κ3) is 6.03. The van der Waals surface area contributed by atoms with Gasteiger partial charge in [-0.1, -0.05) is 43.5 Å². The quantitative estimate of drug-likeness (QED) is 0.508. The van der Waals surface area contributed by atoms with Crippen molar-refractivity contribution in [3.63, 3.8) is 0 Å². The van der Waals surface area contributed by atoms with E-state index in [0.717, 1.165) is 75.4 Å². The second kappa shape index (κ2) is 11.5. The first-order chi connectivity index (χ1) is 17.5. The average molecular weight is 529 g/mol. The summed E-state index contributed by atoms with van der Waals surface area (Å²) in [5.41, 5.74) is 1.40. The largest absolute Gasteiger partial charge is 0.378 e. The fourth-order valence-corrected chi connectivity index (χ4v) is 6.10. The summed E-state index contributed by atoms with van der Waals surface area (Å²) in [6.45, 7) is 8.23. The molecule has 7 nitrogen and oxygen atoms in total. The number of hydrogen-bond donors (Lipinski definition) is 2. The van der Waals surface area contributed by atoms with Gasteiger partial charge in [0.1, 0.15) is 11.6 Å². The molecule has 0 spiro atoms. The molecule has 2 aliphatic heterocycles. The second-order valence-corrected chi connectivity index (χ2v) is 11.3. The second-order valence-electron chi connectivity index (χ2n) is 10.5. The summed E-state index contributed by atoms with van der Waals surface area (Å²) in [6.07, 6.45) is 7.20. The van der Waals surface area contributed by atoms with Crippen LogP contribution in [0.5, 0.6) is 0 Å². The minimum absolute atomic E-state index is 0.0714. The molecule has 194 valence electrons. The number of benzene rings is 1. The zero-order valence-electron chi connectivity index (χ0n) is 21.1. The van der Waals surface area contributed by atoms with Crippen molar-refractivity contribution in [3.05, 3.63) is 40.9 Å². The first-order valence-electron chi connectivity index (χ1n) is 13.3. The van der Waals surface area contributed by atoms with Gasteiger partial charge in [-0.25, -0.2) is 0 Å². The van der Waals surface area contributed by atoms with Crippen LogP contribution in [0, 0.1) is 5.92 Å². The van der Waals surface area contributed by atoms with Gasteiger partial charge in [-0.05, 0) is 61.5 Å². The van der Waals surface area contributed by atoms with Crippen LogP contribution < -0.4 is 20.4 Å². The monoisotopic (exact) mass is 528 g/mol. The van der Waals surface area contributed by atoms with Gasteiger partial charge in [0.25, 0.3) is 0 Å². The Balaban J connectivity index is 1.31. The number of anilines is 3. The van der Waals surface area contributed by atoms with E-state index in [2.05, 4.69) is 45.6 Å². The number of nitrogens with one attached hydrogen (secondary N) is 2. The Morgan fingerprint density at radius 3 is 2.44 bits per heavy atom. The predicted molar refractivity (Wildman–Crippen MR) is 151 cm³/mol. The number of piperidine rings is 1. The summed E-state index contributed by atoms with van der Waals surface area (Å²) in [4.78, 5) is 14.4. The van der Waals surface area contributed by atoms with Crippen molar-refractivity contribution in [1.29, 1.82) is 0 Å². The van der Waals surface area contributed by atoms with Gasteiger partial charge in [-0.15, -0.1) is 0 Å². The molecule has 1 aliphatic carbocycles. The highest BCUT2D eigenvalue weighted by Crippen LogP contribution is 2.41. The van der Waals surface area contributed by atoms with E-state index in [1.165, 1.54) is 31.2 Å². The molecule has 9 heteroatoms. The van der Waals surface area contributed by atoms with Crippen LogP contribution in [0.4, 0.5) is 17.6 Å². The van der Waals surface area contributed by atoms with Crippen LogP contribution in [0.1, 0.15) is 51.0 Å². The zero-order chi connectivity index (χ0) is 25.0. The van der Waals surface area contributed by atoms with Crippen molar-refractivity contribution < 1.29 is 4.74 Å². The Kier molecular flexibility index (Phi) is 8.13. The number of rotatable bonds is 6. The summed E-state index contributed by atoms with van der Waals surface area (Å²) in [6, 6.07) is 10.4. The van der Waals surface area contributed by atoms with Gasteiger partial charge in [0.2, 0.25) is 5.95 Å². The van der Waals surface area contributed by atoms with Crippen LogP contribution in [0.3, 0.4) is 0 Å². The number of nitrogens with zero attached hydrogens (tertiary/aromatic N) is 4. The summed E-state index contributed by atoms with van der Waals surface area (Å²) in [5.74, 6) is 3.11. The van der Waals surface area contributed by atoms with E-state index in [1.807, 2.05) is 12.1 Å². The Morgan fingerprint density at radius 2 is 1.75 bits per heavy atom. The molecule has 3 heterocycles. The minimum atomic E-state index is 0.0714. The van der Waals surface area contributed by atoms with E-state index in [1.54, 1.807) is 0 Å². The van der Waals surface area contributed by atoms with Crippen LogP contribution in [-0.2, 0) is 10.2 Å². The molecule has 1 atom stereocenters. The van der Waals surface area contributed by atoms with Crippen molar-refractivity contribution in [3.8, 4) is 0 Å². The summed E-state index contributed by atoms with van der Waals surface area (Å²) in [5, 5.41) is 8.13. The average Bonchev–Trinajstić information content (AvgIpc) is 3.38. The van der Waals surface area contributed by atoms with Gasteiger partial charge in [0.15, 0.2) is 5.11 Å². The molecule has 0 bridgehead atoms. The molecule has 1 unspecified atom stereocenters. The molecule has 0 amide bonds. The van der Waals surface area contributed by atoms with Gasteiger partial charge >= 0.3 is 0 Å². The van der Waals surface area contributed by atoms with E-state index in [-0.39, 0.29) is 5.41 Å². The third-order valence-electron chi connectivity index (χ3n) is 7.85. The Labute approximate surface area is 225 Å². The standard InChI is InChI=1S/C27H37ClN6OS/c1-20-5-4-12-34(18-20)24-17-23(33-13-15-35-16-14-33)30-25(31-24)32-26(36)29-19-27(10-2-3-11-27)21-6-8-22(28)9-7-21/h6-9,17,20H,2-5,10-16,18-19H2,1H3,(H2,29,30,31,32,36). The van der Waals surface area contributed by atoms with Gasteiger partial charge in [0, 0.05) is 49.2 Å². The predicted octanol–water partition coefficient (Wildman–Crippen LogP) is 5.00. The highest BCUT2D eigenvalue weighted by molar-refractivity contribution is 7.80. The Hall–Kier alpha value is -2.16. The lowest BCUT2D eigenvalue weighted by Gasteiger charge is -2.33. The van der Waals surface area contributed by atoms with E-state index in [4.69, 9.17) is 38.5 Å². The van der Waals surface area contributed by atoms with Gasteiger partial charge in [-0.2, -0.15) is 9.97 Å². The number of hydrogen-bond acceptors (Lipinski definition) is 6. The summed E-state index contributed by atoms with van der Waals surface area (Å²) < 4.78 is 5.56. The van der Waals surface area contributed by atoms with Gasteiger partial charge in [-0.3, -0.25) is 0 Å². The van der Waals surface area contributed by atoms with Crippen LogP contribution >= 0.6 is 23.8 Å². The molecule has 3 fully saturated rings. The number of ether oxygens (including phenoxy) is 1. The number of thiocarbonyl (C=S) groups is 1. The molecule has 1 aromatic heterocycles. The normalized spacial score (nSPS) is 21.9. The van der Waals surface area contributed by atoms with Crippen LogP contribution in [0.2, 0.25) is 5.02 Å². The topological polar surface area (TPSA) is 65.6 Å². The third-order valence-corrected chi connectivity index (χ3v) is 8.34. The van der Waals surface area contributed by atoms with E-state index in [0.29, 0.717) is 17.0 Å². The highest BCUT2D eigenvalue weighted by Gasteiger charge is 2.35. The Morgan fingerprint density at radius 1 is 1.06 bits per heavy atom. The number of aromatic nitrogens is 2. The van der Waals surface area contributed by atoms with Crippen molar-refractivity contribution in [2.24, 2.45) is 5.92 Å². The minimum Gasteiger partial charge on any atom is -0.378 e. The van der Waals surface area contributed by atoms with Crippen LogP contribution in [0.25, 0.3) is 0 Å². The maximum absolute atomic E-state index is 6.15. The molecular weight excluding hydrogens is 492 g/mol. The first-order valence-corrected chi connectivity index (χ1v) is 14.1. The zero-order valence-corrected chi connectivity index (χ0v) is 22.7. The van der Waals surface area contributed by atoms with Crippen molar-refractivity contribution in [2.75, 3.05) is 61.1 Å². The molecule has 1 aromatic carbocycles. The fraction of sp³-hybridized carbons (Fsp3) is 0.593. The lowest BCUT2D eigenvalue weighted by molar-refractivity contribution is 0.122. The highest BCUT2D eigenvalue weighted by atomic mass is 35.5. The molecule has 3 aliphatic rings. The maximum Gasteiger partial charge on any atom is 0.232 e. The summed E-state index contributed by atoms with van der Waals surface area (Å²) >= 11 is 11.9. The van der Waals surface area contributed by atoms with Crippen molar-refractivity contribution in [2.45, 2.75) is 50.9 Å². The van der Waals surface area contributed by atoms with Crippen molar-refractivity contribution >= 4 is 46.5 Å². The molecule has 5 rings (SSSR count). The Bertz CT molecular complexity index is 1040. The van der Waals surface area contributed by atoms with Crippen molar-refractivity contribution in [1.82, 2.24) is 15.3 Å². The lowest BCUT2D eigenvalue weighted by Crippen LogP contribution is -2.41. The van der Waals surface area contributed by atoms with Crippen LogP contribution in [0.15, 0.2) is 30.3 Å². The van der Waals surface area contributed by atoms with E-state index < -0.39 is 0 Å². The first kappa shape index (κ1) is 25.5. The van der Waals surface area contributed by atoms with Crippen LogP contribution in [-0.4, -0.2) is 61.0 Å². The molecular formula is C27H37ClN6OS. The maximum atomic E-state index is 6.15. The van der Waals surface area contributed by atoms with E-state index in [9.17, 15) is 0 Å². The smallest absolute Gasteiger partial charge is 0.232 e. The summed E-state index contributed by atoms with van der Waals surface area (Å²) in [7, 11) is 0. The lowest BCUT2D eigenvalue weighted by atomic mass is 9.79. The molecule has 2 aromatic rings. The van der Waals surface area contributed by atoms with E-state index >= 15 is 0 Å². The number of halogens is 1. The SMILES string of the molecule is CC1CCCN(c2cc(N3CCOCC3)nc(NC(=S)NCC3(c4ccc(Cl)cc4)CCCC3)n2)C1. The molecule has 2 saturated heterocycles. The molecule has 1 saturated carbocycles. The van der Waals surface area contributed by atoms with Gasteiger partial charge in [0.05, 0.1) is 13.2 Å². The fourth-order valence-electron chi connectivity index (χ4n) is 5.81. The number of morpholine rings is 1.